The summed E-state index contributed by atoms with van der Waals surface area (Å²) in [5.41, 5.74) is 7.58. The molecule has 0 unspecified atom stereocenters. The van der Waals surface area contributed by atoms with Gasteiger partial charge in [0.2, 0.25) is 0 Å². The van der Waals surface area contributed by atoms with Crippen molar-refractivity contribution in [3.8, 4) is 0 Å². The molecule has 7 heteroatoms. The molecular weight excluding hydrogens is 359 g/mol. The highest BCUT2D eigenvalue weighted by Crippen LogP contribution is 2.29. The summed E-state index contributed by atoms with van der Waals surface area (Å²) in [4.78, 5) is 4.66. The van der Waals surface area contributed by atoms with E-state index in [1.807, 2.05) is 35.0 Å². The summed E-state index contributed by atoms with van der Waals surface area (Å²) >= 11 is 5.00. The fraction of sp³-hybridized carbons (Fsp3) is 0.158. The zero-order valence-electron chi connectivity index (χ0n) is 13.7. The van der Waals surface area contributed by atoms with Crippen molar-refractivity contribution in [3.63, 3.8) is 0 Å². The minimum Gasteiger partial charge on any atom is -0.389 e. The first kappa shape index (κ1) is 18.1. The van der Waals surface area contributed by atoms with Crippen LogP contribution in [-0.4, -0.2) is 14.5 Å². The molecule has 3 aromatic rings. The maximum atomic E-state index is 12.7. The van der Waals surface area contributed by atoms with Crippen molar-refractivity contribution in [1.82, 2.24) is 9.55 Å². The number of halogens is 3. The Bertz CT molecular complexity index is 914. The number of imidazole rings is 1. The van der Waals surface area contributed by atoms with E-state index in [0.29, 0.717) is 18.0 Å². The van der Waals surface area contributed by atoms with Gasteiger partial charge in [0.25, 0.3) is 0 Å². The van der Waals surface area contributed by atoms with Crippen LogP contribution in [0, 0.1) is 0 Å². The highest BCUT2D eigenvalue weighted by atomic mass is 32.1. The van der Waals surface area contributed by atoms with Crippen LogP contribution in [0.4, 0.5) is 13.2 Å². The Morgan fingerprint density at radius 1 is 1.08 bits per heavy atom. The van der Waals surface area contributed by atoms with Crippen molar-refractivity contribution < 1.29 is 13.2 Å². The van der Waals surface area contributed by atoms with Crippen LogP contribution in [0.15, 0.2) is 60.9 Å². The van der Waals surface area contributed by atoms with E-state index in [1.165, 1.54) is 12.1 Å². The molecule has 0 radical (unpaired) electrons. The smallest absolute Gasteiger partial charge is 0.389 e. The number of rotatable bonds is 5. The predicted molar refractivity (Wildman–Crippen MR) is 97.9 cm³/mol. The summed E-state index contributed by atoms with van der Waals surface area (Å²) in [6.07, 6.45) is -0.366. The SMILES string of the molecule is NC(=S)c1cccc(Cn2ccnc2Cc2ccc(C(F)(F)F)cc2)c1. The first-order valence-electron chi connectivity index (χ1n) is 7.88. The number of nitrogens with two attached hydrogens (primary N) is 1. The second-order valence-corrected chi connectivity index (χ2v) is 6.35. The number of thiocarbonyl (C=S) groups is 1. The molecule has 3 rings (SSSR count). The minimum atomic E-state index is -4.33. The van der Waals surface area contributed by atoms with E-state index in [0.717, 1.165) is 34.6 Å². The maximum absolute atomic E-state index is 12.7. The molecule has 0 saturated carbocycles. The second-order valence-electron chi connectivity index (χ2n) is 5.91. The number of hydrogen-bond donors (Lipinski definition) is 1. The zero-order valence-corrected chi connectivity index (χ0v) is 14.5. The molecule has 0 fully saturated rings. The quantitative estimate of drug-likeness (QED) is 0.681. The Hall–Kier alpha value is -2.67. The molecule has 1 aromatic heterocycles. The number of benzene rings is 2. The fourth-order valence-electron chi connectivity index (χ4n) is 2.66. The molecule has 26 heavy (non-hydrogen) atoms. The number of hydrogen-bond acceptors (Lipinski definition) is 2. The normalized spacial score (nSPS) is 11.5. The molecule has 0 bridgehead atoms. The molecule has 3 nitrogen and oxygen atoms in total. The largest absolute Gasteiger partial charge is 0.416 e. The zero-order chi connectivity index (χ0) is 18.7. The molecule has 0 spiro atoms. The van der Waals surface area contributed by atoms with E-state index in [-0.39, 0.29) is 0 Å². The standard InChI is InChI=1S/C19H16F3N3S/c20-19(21,22)16-6-4-13(5-7-16)11-17-24-8-9-25(17)12-14-2-1-3-15(10-14)18(23)26/h1-10H,11-12H2,(H2,23,26). The van der Waals surface area contributed by atoms with Crippen molar-refractivity contribution >= 4 is 17.2 Å². The minimum absolute atomic E-state index is 0.336. The van der Waals surface area contributed by atoms with Crippen LogP contribution >= 0.6 is 12.2 Å². The van der Waals surface area contributed by atoms with Gasteiger partial charge in [0.15, 0.2) is 0 Å². The summed E-state index contributed by atoms with van der Waals surface area (Å²) < 4.78 is 39.9. The monoisotopic (exact) mass is 375 g/mol. The van der Waals surface area contributed by atoms with Gasteiger partial charge in [-0.25, -0.2) is 4.98 Å². The molecule has 134 valence electrons. The molecular formula is C19H16F3N3S. The van der Waals surface area contributed by atoms with Crippen LogP contribution < -0.4 is 5.73 Å². The van der Waals surface area contributed by atoms with Crippen LogP contribution in [0.2, 0.25) is 0 Å². The lowest BCUT2D eigenvalue weighted by atomic mass is 10.1. The number of nitrogens with zero attached hydrogens (tertiary/aromatic N) is 2. The molecule has 0 aliphatic rings. The Morgan fingerprint density at radius 2 is 1.81 bits per heavy atom. The highest BCUT2D eigenvalue weighted by Gasteiger charge is 2.29. The van der Waals surface area contributed by atoms with E-state index in [4.69, 9.17) is 18.0 Å². The summed E-state index contributed by atoms with van der Waals surface area (Å²) in [6.45, 7) is 0.576. The lowest BCUT2D eigenvalue weighted by molar-refractivity contribution is -0.137. The first-order valence-corrected chi connectivity index (χ1v) is 8.28. The van der Waals surface area contributed by atoms with E-state index in [2.05, 4.69) is 4.98 Å². The molecule has 1 heterocycles. The van der Waals surface area contributed by atoms with Crippen LogP contribution in [0.3, 0.4) is 0 Å². The van der Waals surface area contributed by atoms with Crippen molar-refractivity contribution in [3.05, 3.63) is 89.0 Å². The van der Waals surface area contributed by atoms with E-state index >= 15 is 0 Å². The van der Waals surface area contributed by atoms with Gasteiger partial charge < -0.3 is 10.3 Å². The molecule has 0 aliphatic carbocycles. The average molecular weight is 375 g/mol. The lowest BCUT2D eigenvalue weighted by Gasteiger charge is -2.10. The van der Waals surface area contributed by atoms with Gasteiger partial charge in [0.05, 0.1) is 5.56 Å². The van der Waals surface area contributed by atoms with Gasteiger partial charge in [0, 0.05) is 30.9 Å². The van der Waals surface area contributed by atoms with E-state index in [9.17, 15) is 13.2 Å². The van der Waals surface area contributed by atoms with Crippen LogP contribution in [0.1, 0.15) is 28.1 Å². The maximum Gasteiger partial charge on any atom is 0.416 e. The van der Waals surface area contributed by atoms with Crippen molar-refractivity contribution in [2.75, 3.05) is 0 Å². The number of alkyl halides is 3. The summed E-state index contributed by atoms with van der Waals surface area (Å²) in [5.74, 6) is 0.769. The van der Waals surface area contributed by atoms with Gasteiger partial charge in [0.1, 0.15) is 10.8 Å². The summed E-state index contributed by atoms with van der Waals surface area (Å²) in [5, 5.41) is 0. The van der Waals surface area contributed by atoms with Crippen molar-refractivity contribution in [2.45, 2.75) is 19.1 Å². The average Bonchev–Trinajstić information content (AvgIpc) is 3.01. The molecule has 0 amide bonds. The van der Waals surface area contributed by atoms with Crippen LogP contribution in [0.25, 0.3) is 0 Å². The van der Waals surface area contributed by atoms with Gasteiger partial charge in [-0.2, -0.15) is 13.2 Å². The van der Waals surface area contributed by atoms with Crippen LogP contribution in [-0.2, 0) is 19.1 Å². The molecule has 2 aromatic carbocycles. The third-order valence-electron chi connectivity index (χ3n) is 4.01. The molecule has 0 saturated heterocycles. The first-order chi connectivity index (χ1) is 12.3. The lowest BCUT2D eigenvalue weighted by Crippen LogP contribution is -2.11. The van der Waals surface area contributed by atoms with Gasteiger partial charge in [-0.05, 0) is 29.3 Å². The fourth-order valence-corrected chi connectivity index (χ4v) is 2.79. The predicted octanol–water partition coefficient (Wildman–Crippen LogP) is 4.18. The van der Waals surface area contributed by atoms with Crippen LogP contribution in [0.5, 0.6) is 0 Å². The number of aromatic nitrogens is 2. The van der Waals surface area contributed by atoms with E-state index in [1.54, 1.807) is 6.20 Å². The second kappa shape index (κ2) is 7.29. The van der Waals surface area contributed by atoms with Gasteiger partial charge in [-0.15, -0.1) is 0 Å². The summed E-state index contributed by atoms with van der Waals surface area (Å²) in [6, 6.07) is 12.8. The Kier molecular flexibility index (Phi) is 5.08. The topological polar surface area (TPSA) is 43.8 Å². The molecule has 0 atom stereocenters. The van der Waals surface area contributed by atoms with Gasteiger partial charge in [-0.3, -0.25) is 0 Å². The van der Waals surface area contributed by atoms with Gasteiger partial charge in [-0.1, -0.05) is 42.5 Å². The highest BCUT2D eigenvalue weighted by molar-refractivity contribution is 7.80. The van der Waals surface area contributed by atoms with E-state index < -0.39 is 11.7 Å². The summed E-state index contributed by atoms with van der Waals surface area (Å²) in [7, 11) is 0. The molecule has 2 N–H and O–H groups in total. The van der Waals surface area contributed by atoms with Gasteiger partial charge >= 0.3 is 6.18 Å². The third kappa shape index (κ3) is 4.29. The Labute approximate surface area is 154 Å². The Morgan fingerprint density at radius 3 is 2.46 bits per heavy atom. The third-order valence-corrected chi connectivity index (χ3v) is 4.25. The molecule has 0 aliphatic heterocycles. The Balaban J connectivity index is 1.77. The van der Waals surface area contributed by atoms with Crippen molar-refractivity contribution in [2.24, 2.45) is 5.73 Å². The van der Waals surface area contributed by atoms with Crippen molar-refractivity contribution in [1.29, 1.82) is 0 Å².